The van der Waals surface area contributed by atoms with Crippen molar-refractivity contribution in [2.24, 2.45) is 0 Å². The van der Waals surface area contributed by atoms with Gasteiger partial charge in [-0.1, -0.05) is 30.3 Å². The molecule has 1 aliphatic rings. The monoisotopic (exact) mass is 432 g/mol. The summed E-state index contributed by atoms with van der Waals surface area (Å²) in [6.07, 6.45) is -2.91. The van der Waals surface area contributed by atoms with E-state index >= 15 is 0 Å². The number of rotatable bonds is 2. The number of nitrogens with two attached hydrogens (primary N) is 1. The third-order valence-corrected chi connectivity index (χ3v) is 5.82. The van der Waals surface area contributed by atoms with Crippen LogP contribution in [-0.4, -0.2) is 10.1 Å². The molecule has 0 saturated heterocycles. The summed E-state index contributed by atoms with van der Waals surface area (Å²) in [5.74, 6) is 0.117. The van der Waals surface area contributed by atoms with E-state index in [1.165, 1.54) is 12.1 Å². The van der Waals surface area contributed by atoms with Crippen LogP contribution in [0.4, 0.5) is 18.9 Å². The van der Waals surface area contributed by atoms with Gasteiger partial charge in [0.25, 0.3) is 0 Å². The summed E-state index contributed by atoms with van der Waals surface area (Å²) in [7, 11) is 0. The van der Waals surface area contributed by atoms with Crippen LogP contribution in [0.1, 0.15) is 16.7 Å². The highest BCUT2D eigenvalue weighted by molar-refractivity contribution is 5.84. The molecule has 3 N–H and O–H groups in total. The smallest absolute Gasteiger partial charge is 0.416 e. The fourth-order valence-corrected chi connectivity index (χ4v) is 4.27. The number of nitrogens with zero attached hydrogens (tertiary/aromatic N) is 1. The number of aromatic nitrogens is 1. The third-order valence-electron chi connectivity index (χ3n) is 5.82. The van der Waals surface area contributed by atoms with Gasteiger partial charge in [-0.15, -0.1) is 0 Å². The van der Waals surface area contributed by atoms with Crippen LogP contribution in [0.15, 0.2) is 72.8 Å². The standard InChI is InChI=1S/C26H19F3N2O/c27-26(28,29)18-7-4-15(5-8-18)23-14-24(17-2-1-3-20(32)13-17)31-25-21-11-9-19(30)12-16(21)6-10-22(23)25/h1-5,7-9,11-14,32H,6,10,30H2. The summed E-state index contributed by atoms with van der Waals surface area (Å²) in [5.41, 5.74) is 12.7. The minimum absolute atomic E-state index is 0.117. The molecule has 32 heavy (non-hydrogen) atoms. The molecule has 3 nitrogen and oxygen atoms in total. The van der Waals surface area contributed by atoms with Crippen LogP contribution in [0, 0.1) is 0 Å². The summed E-state index contributed by atoms with van der Waals surface area (Å²) in [4.78, 5) is 4.91. The molecule has 3 aromatic carbocycles. The molecule has 0 amide bonds. The summed E-state index contributed by atoms with van der Waals surface area (Å²) in [6, 6.07) is 19.6. The van der Waals surface area contributed by atoms with Gasteiger partial charge in [0.15, 0.2) is 0 Å². The van der Waals surface area contributed by atoms with Crippen molar-refractivity contribution in [2.75, 3.05) is 5.73 Å². The lowest BCUT2D eigenvalue weighted by Gasteiger charge is -2.23. The Hall–Kier alpha value is -3.80. The summed E-state index contributed by atoms with van der Waals surface area (Å²) >= 11 is 0. The van der Waals surface area contributed by atoms with Crippen molar-refractivity contribution in [3.05, 3.63) is 89.5 Å². The zero-order chi connectivity index (χ0) is 22.5. The van der Waals surface area contributed by atoms with Crippen molar-refractivity contribution in [3.63, 3.8) is 0 Å². The second-order valence-electron chi connectivity index (χ2n) is 7.92. The third kappa shape index (κ3) is 3.58. The molecule has 1 aromatic heterocycles. The van der Waals surface area contributed by atoms with Crippen molar-refractivity contribution < 1.29 is 18.3 Å². The number of hydrogen-bond donors (Lipinski definition) is 2. The number of halogens is 3. The first kappa shape index (κ1) is 20.1. The number of aromatic hydroxyl groups is 1. The molecule has 1 heterocycles. The number of anilines is 1. The number of pyridine rings is 1. The molecule has 160 valence electrons. The molecule has 0 atom stereocenters. The van der Waals surface area contributed by atoms with Crippen molar-refractivity contribution in [2.45, 2.75) is 19.0 Å². The second-order valence-corrected chi connectivity index (χ2v) is 7.92. The lowest BCUT2D eigenvalue weighted by atomic mass is 9.84. The topological polar surface area (TPSA) is 59.1 Å². The summed E-state index contributed by atoms with van der Waals surface area (Å²) in [5, 5.41) is 9.95. The molecule has 0 unspecified atom stereocenters. The van der Waals surface area contributed by atoms with Crippen LogP contribution < -0.4 is 5.73 Å². The van der Waals surface area contributed by atoms with E-state index in [0.29, 0.717) is 23.4 Å². The number of phenols is 1. The first-order valence-electron chi connectivity index (χ1n) is 10.2. The van der Waals surface area contributed by atoms with E-state index in [1.807, 2.05) is 30.3 Å². The van der Waals surface area contributed by atoms with Crippen LogP contribution in [-0.2, 0) is 19.0 Å². The SMILES string of the molecule is Nc1ccc2c(c1)CCc1c(-c3ccc(C(F)(F)F)cc3)cc(-c3cccc(O)c3)nc1-2. The van der Waals surface area contributed by atoms with E-state index in [4.69, 9.17) is 10.7 Å². The van der Waals surface area contributed by atoms with Crippen LogP contribution in [0.2, 0.25) is 0 Å². The van der Waals surface area contributed by atoms with Crippen molar-refractivity contribution in [1.82, 2.24) is 4.98 Å². The van der Waals surface area contributed by atoms with Gasteiger partial charge in [0.05, 0.1) is 17.0 Å². The normalized spacial score (nSPS) is 12.8. The van der Waals surface area contributed by atoms with Gasteiger partial charge >= 0.3 is 6.18 Å². The Balaban J connectivity index is 1.74. The van der Waals surface area contributed by atoms with Crippen LogP contribution in [0.25, 0.3) is 33.6 Å². The average Bonchev–Trinajstić information content (AvgIpc) is 2.77. The van der Waals surface area contributed by atoms with E-state index in [2.05, 4.69) is 0 Å². The first-order valence-corrected chi connectivity index (χ1v) is 10.2. The number of benzene rings is 3. The quantitative estimate of drug-likeness (QED) is 0.356. The lowest BCUT2D eigenvalue weighted by molar-refractivity contribution is -0.137. The Kier molecular flexibility index (Phi) is 4.66. The van der Waals surface area contributed by atoms with Gasteiger partial charge in [-0.05, 0) is 77.6 Å². The van der Waals surface area contributed by atoms with E-state index in [9.17, 15) is 18.3 Å². The number of hydrogen-bond acceptors (Lipinski definition) is 3. The number of nitrogen functional groups attached to an aromatic ring is 1. The Bertz CT molecular complexity index is 1330. The maximum atomic E-state index is 13.1. The fourth-order valence-electron chi connectivity index (χ4n) is 4.27. The lowest BCUT2D eigenvalue weighted by Crippen LogP contribution is -2.09. The van der Waals surface area contributed by atoms with Gasteiger partial charge in [0.1, 0.15) is 5.75 Å². The number of fused-ring (bicyclic) bond motifs is 3. The summed E-state index contributed by atoms with van der Waals surface area (Å²) < 4.78 is 39.2. The molecule has 0 fully saturated rings. The number of phenolic OH excluding ortho intramolecular Hbond substituents is 1. The maximum absolute atomic E-state index is 13.1. The van der Waals surface area contributed by atoms with Crippen LogP contribution >= 0.6 is 0 Å². The second kappa shape index (κ2) is 7.41. The van der Waals surface area contributed by atoms with Crippen molar-refractivity contribution in [1.29, 1.82) is 0 Å². The molecule has 0 radical (unpaired) electrons. The van der Waals surface area contributed by atoms with E-state index in [-0.39, 0.29) is 5.75 Å². The van der Waals surface area contributed by atoms with Gasteiger partial charge in [-0.3, -0.25) is 0 Å². The highest BCUT2D eigenvalue weighted by Gasteiger charge is 2.30. The predicted octanol–water partition coefficient (Wildman–Crippen LogP) is 6.49. The van der Waals surface area contributed by atoms with E-state index in [1.54, 1.807) is 18.2 Å². The Morgan fingerprint density at radius 2 is 1.59 bits per heavy atom. The van der Waals surface area contributed by atoms with Crippen molar-refractivity contribution in [3.8, 4) is 39.4 Å². The fraction of sp³-hybridized carbons (Fsp3) is 0.115. The Morgan fingerprint density at radius 1 is 0.812 bits per heavy atom. The Morgan fingerprint density at radius 3 is 2.31 bits per heavy atom. The molecule has 0 spiro atoms. The first-order chi connectivity index (χ1) is 15.3. The predicted molar refractivity (Wildman–Crippen MR) is 119 cm³/mol. The number of alkyl halides is 3. The molecule has 6 heteroatoms. The molecular formula is C26H19F3N2O. The zero-order valence-corrected chi connectivity index (χ0v) is 16.9. The highest BCUT2D eigenvalue weighted by Crippen LogP contribution is 2.41. The number of aryl methyl sites for hydroxylation is 1. The molecule has 0 aliphatic heterocycles. The van der Waals surface area contributed by atoms with Gasteiger partial charge in [-0.25, -0.2) is 4.98 Å². The molecule has 1 aliphatic carbocycles. The van der Waals surface area contributed by atoms with Gasteiger partial charge in [0, 0.05) is 16.8 Å². The van der Waals surface area contributed by atoms with Crippen LogP contribution in [0.3, 0.4) is 0 Å². The van der Waals surface area contributed by atoms with Crippen molar-refractivity contribution >= 4 is 5.69 Å². The molecular weight excluding hydrogens is 413 g/mol. The van der Waals surface area contributed by atoms with Crippen LogP contribution in [0.5, 0.6) is 5.75 Å². The zero-order valence-electron chi connectivity index (χ0n) is 16.9. The van der Waals surface area contributed by atoms with E-state index < -0.39 is 11.7 Å². The maximum Gasteiger partial charge on any atom is 0.416 e. The minimum atomic E-state index is -4.39. The molecule has 5 rings (SSSR count). The molecule has 4 aromatic rings. The minimum Gasteiger partial charge on any atom is -0.508 e. The average molecular weight is 432 g/mol. The van der Waals surface area contributed by atoms with Gasteiger partial charge < -0.3 is 10.8 Å². The Labute approximate surface area is 183 Å². The highest BCUT2D eigenvalue weighted by atomic mass is 19.4. The van der Waals surface area contributed by atoms with E-state index in [0.717, 1.165) is 52.1 Å². The van der Waals surface area contributed by atoms with Gasteiger partial charge in [0.2, 0.25) is 0 Å². The van der Waals surface area contributed by atoms with Gasteiger partial charge in [-0.2, -0.15) is 13.2 Å². The molecule has 0 saturated carbocycles. The summed E-state index contributed by atoms with van der Waals surface area (Å²) in [6.45, 7) is 0. The molecule has 0 bridgehead atoms. The largest absolute Gasteiger partial charge is 0.508 e.